The van der Waals surface area contributed by atoms with E-state index in [4.69, 9.17) is 0 Å². The van der Waals surface area contributed by atoms with Crippen molar-refractivity contribution in [3.63, 3.8) is 0 Å². The number of nitrogens with one attached hydrogen (secondary N) is 2. The van der Waals surface area contributed by atoms with Gasteiger partial charge in [-0.1, -0.05) is 60.7 Å². The number of hydrogen-bond acceptors (Lipinski definition) is 3. The van der Waals surface area contributed by atoms with Crippen molar-refractivity contribution in [3.05, 3.63) is 88.7 Å². The van der Waals surface area contributed by atoms with Crippen LogP contribution in [0.5, 0.6) is 0 Å². The highest BCUT2D eigenvalue weighted by molar-refractivity contribution is 5.94. The van der Waals surface area contributed by atoms with Crippen LogP contribution in [-0.4, -0.2) is 34.1 Å². The SMILES string of the molecule is O=C(c1n[nH]c2c1CNCC2)N(CCc1ccccc1)Cc1ccccc1. The van der Waals surface area contributed by atoms with Crippen molar-refractivity contribution in [1.82, 2.24) is 20.4 Å². The Kier molecular flexibility index (Phi) is 5.30. The van der Waals surface area contributed by atoms with Gasteiger partial charge in [0.25, 0.3) is 5.91 Å². The molecule has 0 saturated heterocycles. The summed E-state index contributed by atoms with van der Waals surface area (Å²) < 4.78 is 0. The second-order valence-electron chi connectivity index (χ2n) is 6.90. The number of H-pyrrole nitrogens is 1. The molecule has 4 rings (SSSR count). The summed E-state index contributed by atoms with van der Waals surface area (Å²) in [6.45, 7) is 2.86. The molecule has 0 aliphatic carbocycles. The molecule has 5 nitrogen and oxygen atoms in total. The maximum Gasteiger partial charge on any atom is 0.275 e. The molecular formula is C22H24N4O. The molecule has 1 amide bonds. The third-order valence-corrected chi connectivity index (χ3v) is 5.03. The highest BCUT2D eigenvalue weighted by Gasteiger charge is 2.25. The number of amides is 1. The second kappa shape index (κ2) is 8.18. The molecule has 0 unspecified atom stereocenters. The van der Waals surface area contributed by atoms with E-state index in [0.29, 0.717) is 25.3 Å². The largest absolute Gasteiger partial charge is 0.333 e. The van der Waals surface area contributed by atoms with Crippen molar-refractivity contribution in [2.75, 3.05) is 13.1 Å². The third-order valence-electron chi connectivity index (χ3n) is 5.03. The van der Waals surface area contributed by atoms with E-state index in [1.807, 2.05) is 41.3 Å². The van der Waals surface area contributed by atoms with Gasteiger partial charge in [0.05, 0.1) is 0 Å². The summed E-state index contributed by atoms with van der Waals surface area (Å²) in [5.41, 5.74) is 5.01. The molecule has 1 aliphatic rings. The quantitative estimate of drug-likeness (QED) is 0.710. The number of fused-ring (bicyclic) bond motifs is 1. The Bertz CT molecular complexity index is 889. The fraction of sp³-hybridized carbons (Fsp3) is 0.273. The lowest BCUT2D eigenvalue weighted by Crippen LogP contribution is -2.34. The summed E-state index contributed by atoms with van der Waals surface area (Å²) in [5.74, 6) is -0.00372. The molecular weight excluding hydrogens is 336 g/mol. The van der Waals surface area contributed by atoms with E-state index in [1.54, 1.807) is 0 Å². The van der Waals surface area contributed by atoms with Gasteiger partial charge in [-0.2, -0.15) is 5.10 Å². The zero-order chi connectivity index (χ0) is 18.5. The first-order valence-corrected chi connectivity index (χ1v) is 9.45. The average Bonchev–Trinajstić information content (AvgIpc) is 3.16. The van der Waals surface area contributed by atoms with E-state index in [2.05, 4.69) is 39.8 Å². The zero-order valence-corrected chi connectivity index (χ0v) is 15.3. The van der Waals surface area contributed by atoms with Crippen molar-refractivity contribution in [2.24, 2.45) is 0 Å². The van der Waals surface area contributed by atoms with E-state index < -0.39 is 0 Å². The van der Waals surface area contributed by atoms with E-state index in [-0.39, 0.29) is 5.91 Å². The van der Waals surface area contributed by atoms with Crippen LogP contribution in [0.2, 0.25) is 0 Å². The molecule has 0 atom stereocenters. The molecule has 2 N–H and O–H groups in total. The third kappa shape index (κ3) is 4.09. The van der Waals surface area contributed by atoms with E-state index in [9.17, 15) is 4.79 Å². The summed E-state index contributed by atoms with van der Waals surface area (Å²) in [4.78, 5) is 15.2. The number of carbonyl (C=O) groups excluding carboxylic acids is 1. The van der Waals surface area contributed by atoms with Crippen molar-refractivity contribution in [2.45, 2.75) is 25.9 Å². The number of aromatic amines is 1. The van der Waals surface area contributed by atoms with Gasteiger partial charge in [-0.15, -0.1) is 0 Å². The van der Waals surface area contributed by atoms with Gasteiger partial charge in [0.2, 0.25) is 0 Å². The Labute approximate surface area is 159 Å². The molecule has 138 valence electrons. The predicted octanol–water partition coefficient (Wildman–Crippen LogP) is 2.94. The Morgan fingerprint density at radius 1 is 1.00 bits per heavy atom. The maximum atomic E-state index is 13.3. The topological polar surface area (TPSA) is 61.0 Å². The molecule has 1 aromatic heterocycles. The van der Waals surface area contributed by atoms with E-state index >= 15 is 0 Å². The Morgan fingerprint density at radius 3 is 2.44 bits per heavy atom. The van der Waals surface area contributed by atoms with Crippen LogP contribution in [0.3, 0.4) is 0 Å². The summed E-state index contributed by atoms with van der Waals surface area (Å²) in [6.07, 6.45) is 1.71. The molecule has 0 bridgehead atoms. The summed E-state index contributed by atoms with van der Waals surface area (Å²) in [5, 5.41) is 10.8. The maximum absolute atomic E-state index is 13.3. The Morgan fingerprint density at radius 2 is 1.70 bits per heavy atom. The number of nitrogens with zero attached hydrogens (tertiary/aromatic N) is 2. The first kappa shape index (κ1) is 17.5. The Balaban J connectivity index is 1.56. The van der Waals surface area contributed by atoms with Gasteiger partial charge >= 0.3 is 0 Å². The average molecular weight is 360 g/mol. The molecule has 2 aromatic carbocycles. The molecule has 2 heterocycles. The lowest BCUT2D eigenvalue weighted by Gasteiger charge is -2.23. The minimum absolute atomic E-state index is 0.00372. The Hall–Kier alpha value is -2.92. The monoisotopic (exact) mass is 360 g/mol. The highest BCUT2D eigenvalue weighted by Crippen LogP contribution is 2.18. The van der Waals surface area contributed by atoms with Crippen molar-refractivity contribution in [3.8, 4) is 0 Å². The van der Waals surface area contributed by atoms with Gasteiger partial charge in [0, 0.05) is 43.9 Å². The lowest BCUT2D eigenvalue weighted by molar-refractivity contribution is 0.0737. The van der Waals surface area contributed by atoms with Gasteiger partial charge in [0.15, 0.2) is 5.69 Å². The van der Waals surface area contributed by atoms with Crippen LogP contribution in [-0.2, 0) is 25.9 Å². The first-order valence-electron chi connectivity index (χ1n) is 9.45. The minimum atomic E-state index is -0.00372. The van der Waals surface area contributed by atoms with Gasteiger partial charge in [0.1, 0.15) is 0 Å². The standard InChI is InChI=1S/C22H24N4O/c27-22(21-19-15-23-13-11-20(19)24-25-21)26(16-18-9-5-2-6-10-18)14-12-17-7-3-1-4-8-17/h1-10,23H,11-16H2,(H,24,25). The predicted molar refractivity (Wildman–Crippen MR) is 105 cm³/mol. The van der Waals surface area contributed by atoms with Gasteiger partial charge < -0.3 is 10.2 Å². The number of hydrogen-bond donors (Lipinski definition) is 2. The number of aromatic nitrogens is 2. The van der Waals surface area contributed by atoms with Crippen molar-refractivity contribution < 1.29 is 4.79 Å². The fourth-order valence-corrected chi connectivity index (χ4v) is 3.52. The van der Waals surface area contributed by atoms with Crippen molar-refractivity contribution >= 4 is 5.91 Å². The molecule has 0 saturated carbocycles. The van der Waals surface area contributed by atoms with Crippen LogP contribution < -0.4 is 5.32 Å². The zero-order valence-electron chi connectivity index (χ0n) is 15.3. The molecule has 27 heavy (non-hydrogen) atoms. The van der Waals surface area contributed by atoms with Gasteiger partial charge in [-0.3, -0.25) is 9.89 Å². The molecule has 0 fully saturated rings. The van der Waals surface area contributed by atoms with Gasteiger partial charge in [-0.25, -0.2) is 0 Å². The van der Waals surface area contributed by atoms with Crippen LogP contribution in [0.1, 0.15) is 32.9 Å². The summed E-state index contributed by atoms with van der Waals surface area (Å²) in [7, 11) is 0. The normalized spacial score (nSPS) is 13.2. The molecule has 0 spiro atoms. The van der Waals surface area contributed by atoms with Crippen LogP contribution in [0.4, 0.5) is 0 Å². The molecule has 1 aliphatic heterocycles. The smallest absolute Gasteiger partial charge is 0.275 e. The summed E-state index contributed by atoms with van der Waals surface area (Å²) in [6, 6.07) is 20.4. The lowest BCUT2D eigenvalue weighted by atomic mass is 10.1. The number of rotatable bonds is 6. The first-order chi connectivity index (χ1) is 13.3. The van der Waals surface area contributed by atoms with E-state index in [1.165, 1.54) is 5.56 Å². The van der Waals surface area contributed by atoms with Crippen LogP contribution >= 0.6 is 0 Å². The molecule has 0 radical (unpaired) electrons. The highest BCUT2D eigenvalue weighted by atomic mass is 16.2. The van der Waals surface area contributed by atoms with E-state index in [0.717, 1.165) is 36.2 Å². The summed E-state index contributed by atoms with van der Waals surface area (Å²) >= 11 is 0. The minimum Gasteiger partial charge on any atom is -0.333 e. The number of benzene rings is 2. The van der Waals surface area contributed by atoms with Gasteiger partial charge in [-0.05, 0) is 17.5 Å². The number of carbonyl (C=O) groups is 1. The second-order valence-corrected chi connectivity index (χ2v) is 6.90. The van der Waals surface area contributed by atoms with Crippen LogP contribution in [0.25, 0.3) is 0 Å². The van der Waals surface area contributed by atoms with Crippen LogP contribution in [0, 0.1) is 0 Å². The fourth-order valence-electron chi connectivity index (χ4n) is 3.52. The molecule has 3 aromatic rings. The molecule has 5 heteroatoms. The van der Waals surface area contributed by atoms with Crippen molar-refractivity contribution in [1.29, 1.82) is 0 Å². The van der Waals surface area contributed by atoms with Crippen LogP contribution in [0.15, 0.2) is 60.7 Å².